The second-order valence-corrected chi connectivity index (χ2v) is 6.63. The summed E-state index contributed by atoms with van der Waals surface area (Å²) in [6.07, 6.45) is 1.04. The number of anilines is 1. The Morgan fingerprint density at radius 3 is 2.72 bits per heavy atom. The molecule has 2 aromatic carbocycles. The van der Waals surface area contributed by atoms with Crippen molar-refractivity contribution in [3.05, 3.63) is 59.2 Å². The van der Waals surface area contributed by atoms with Gasteiger partial charge in [-0.25, -0.2) is 0 Å². The predicted molar refractivity (Wildman–Crippen MR) is 92.9 cm³/mol. The molecule has 0 aromatic heterocycles. The Kier molecular flexibility index (Phi) is 3.44. The molecule has 0 bridgehead atoms. The summed E-state index contributed by atoms with van der Waals surface area (Å²) in [6, 6.07) is 12.4. The van der Waals surface area contributed by atoms with Gasteiger partial charge in [0.25, 0.3) is 5.91 Å². The number of likely N-dealkylation sites (N-methyl/N-ethyl adjacent to an activating group) is 1. The maximum Gasteiger partial charge on any atom is 0.264 e. The van der Waals surface area contributed by atoms with E-state index < -0.39 is 17.4 Å². The normalized spacial score (nSPS) is 24.9. The number of amides is 1. The Morgan fingerprint density at radius 1 is 1.20 bits per heavy atom. The quantitative estimate of drug-likeness (QED) is 0.913. The lowest BCUT2D eigenvalue weighted by molar-refractivity contribution is -0.140. The van der Waals surface area contributed by atoms with E-state index in [1.165, 1.54) is 4.90 Å². The van der Waals surface area contributed by atoms with Crippen LogP contribution >= 0.6 is 0 Å². The van der Waals surface area contributed by atoms with E-state index in [9.17, 15) is 14.7 Å². The number of carbonyl (C=O) groups excluding carboxylic acids is 2. The molecule has 1 N–H and O–H groups in total. The number of methoxy groups -OCH3 is 1. The van der Waals surface area contributed by atoms with Crippen LogP contribution in [0.4, 0.5) is 5.69 Å². The molecule has 0 saturated heterocycles. The number of Topliss-reactive ketones (excluding diaryl/α,β-unsaturated/α-hetero) is 1. The fourth-order valence-corrected chi connectivity index (χ4v) is 4.07. The van der Waals surface area contributed by atoms with Gasteiger partial charge in [0.05, 0.1) is 18.7 Å². The van der Waals surface area contributed by atoms with Crippen molar-refractivity contribution in [3.63, 3.8) is 0 Å². The summed E-state index contributed by atoms with van der Waals surface area (Å²) in [7, 11) is 3.22. The lowest BCUT2D eigenvalue weighted by Crippen LogP contribution is -2.49. The molecule has 0 saturated carbocycles. The van der Waals surface area contributed by atoms with Crippen LogP contribution in [0.5, 0.6) is 5.75 Å². The maximum atomic E-state index is 13.1. The third kappa shape index (κ3) is 2.05. The van der Waals surface area contributed by atoms with Crippen LogP contribution in [0.25, 0.3) is 0 Å². The van der Waals surface area contributed by atoms with Crippen molar-refractivity contribution in [2.45, 2.75) is 18.4 Å². The molecule has 1 aliphatic heterocycles. The van der Waals surface area contributed by atoms with Gasteiger partial charge in [-0.1, -0.05) is 18.2 Å². The van der Waals surface area contributed by atoms with Gasteiger partial charge in [0.1, 0.15) is 5.75 Å². The number of ether oxygens (including phenoxy) is 1. The first-order valence-corrected chi connectivity index (χ1v) is 8.29. The summed E-state index contributed by atoms with van der Waals surface area (Å²) in [4.78, 5) is 27.4. The van der Waals surface area contributed by atoms with Crippen molar-refractivity contribution >= 4 is 17.4 Å². The number of hydrogen-bond donors (Lipinski definition) is 1. The van der Waals surface area contributed by atoms with Gasteiger partial charge in [-0.15, -0.1) is 0 Å². The van der Waals surface area contributed by atoms with Crippen LogP contribution in [-0.2, 0) is 16.8 Å². The van der Waals surface area contributed by atoms with Gasteiger partial charge in [0.2, 0.25) is 0 Å². The first kappa shape index (κ1) is 15.8. The Balaban J connectivity index is 1.80. The molecule has 4 rings (SSSR count). The van der Waals surface area contributed by atoms with E-state index in [0.29, 0.717) is 35.4 Å². The molecule has 1 amide bonds. The lowest BCUT2D eigenvalue weighted by Gasteiger charge is -2.34. The molecule has 25 heavy (non-hydrogen) atoms. The highest BCUT2D eigenvalue weighted by Gasteiger charge is 2.56. The summed E-state index contributed by atoms with van der Waals surface area (Å²) >= 11 is 0. The average Bonchev–Trinajstić information content (AvgIpc) is 2.84. The predicted octanol–water partition coefficient (Wildman–Crippen LogP) is 2.30. The molecule has 1 heterocycles. The summed E-state index contributed by atoms with van der Waals surface area (Å²) in [6.45, 7) is 0. The second-order valence-electron chi connectivity index (χ2n) is 6.63. The highest BCUT2D eigenvalue weighted by molar-refractivity contribution is 6.12. The smallest absolute Gasteiger partial charge is 0.264 e. The number of nitrogens with zero attached hydrogens (tertiary/aromatic N) is 1. The highest BCUT2D eigenvalue weighted by Crippen LogP contribution is 2.47. The summed E-state index contributed by atoms with van der Waals surface area (Å²) < 4.78 is 5.22. The molecular weight excluding hydrogens is 318 g/mol. The van der Waals surface area contributed by atoms with Crippen LogP contribution in [0.15, 0.2) is 42.5 Å². The number of para-hydroxylation sites is 1. The second kappa shape index (κ2) is 5.43. The minimum Gasteiger partial charge on any atom is -0.497 e. The summed E-state index contributed by atoms with van der Waals surface area (Å²) in [5.41, 5.74) is 0.822. The molecule has 5 nitrogen and oxygen atoms in total. The fraction of sp³-hybridized carbons (Fsp3) is 0.300. The zero-order valence-electron chi connectivity index (χ0n) is 14.2. The van der Waals surface area contributed by atoms with Crippen molar-refractivity contribution in [2.24, 2.45) is 5.92 Å². The molecule has 2 aliphatic rings. The molecular formula is C20H19NO4. The van der Waals surface area contributed by atoms with Gasteiger partial charge in [-0.3, -0.25) is 9.59 Å². The zero-order chi connectivity index (χ0) is 17.8. The topological polar surface area (TPSA) is 66.8 Å². The Bertz CT molecular complexity index is 891. The van der Waals surface area contributed by atoms with Gasteiger partial charge in [0, 0.05) is 18.2 Å². The molecule has 128 valence electrons. The monoisotopic (exact) mass is 337 g/mol. The number of benzene rings is 2. The number of hydrogen-bond acceptors (Lipinski definition) is 4. The van der Waals surface area contributed by atoms with Crippen LogP contribution in [0.1, 0.15) is 27.9 Å². The van der Waals surface area contributed by atoms with E-state index in [0.717, 1.165) is 5.56 Å². The maximum absolute atomic E-state index is 13.1. The number of carbonyl (C=O) groups is 2. The summed E-state index contributed by atoms with van der Waals surface area (Å²) in [5, 5.41) is 11.4. The van der Waals surface area contributed by atoms with E-state index in [1.54, 1.807) is 44.5 Å². The van der Waals surface area contributed by atoms with Crippen molar-refractivity contribution in [3.8, 4) is 5.75 Å². The van der Waals surface area contributed by atoms with Gasteiger partial charge < -0.3 is 14.7 Å². The van der Waals surface area contributed by atoms with Gasteiger partial charge in [-0.05, 0) is 42.7 Å². The van der Waals surface area contributed by atoms with E-state index in [-0.39, 0.29) is 5.78 Å². The standard InChI is InChI=1S/C20H19NO4/c1-21-17-6-4-3-5-15(17)20(24,19(21)23)16-10-7-12-11-13(25-2)8-9-14(12)18(16)22/h3-6,8-9,11,16,24H,7,10H2,1-2H3. The molecule has 2 atom stereocenters. The van der Waals surface area contributed by atoms with Crippen LogP contribution in [-0.4, -0.2) is 31.0 Å². The third-order valence-corrected chi connectivity index (χ3v) is 5.41. The van der Waals surface area contributed by atoms with Crippen LogP contribution in [0.2, 0.25) is 0 Å². The lowest BCUT2D eigenvalue weighted by atomic mass is 9.71. The van der Waals surface area contributed by atoms with E-state index in [4.69, 9.17) is 4.74 Å². The Morgan fingerprint density at radius 2 is 1.96 bits per heavy atom. The number of fused-ring (bicyclic) bond motifs is 2. The van der Waals surface area contributed by atoms with Crippen LogP contribution < -0.4 is 9.64 Å². The third-order valence-electron chi connectivity index (χ3n) is 5.41. The number of rotatable bonds is 2. The molecule has 2 unspecified atom stereocenters. The van der Waals surface area contributed by atoms with Gasteiger partial charge >= 0.3 is 0 Å². The largest absolute Gasteiger partial charge is 0.497 e. The average molecular weight is 337 g/mol. The number of aryl methyl sites for hydroxylation is 1. The zero-order valence-corrected chi connectivity index (χ0v) is 14.2. The molecule has 2 aromatic rings. The van der Waals surface area contributed by atoms with E-state index in [1.807, 2.05) is 12.1 Å². The summed E-state index contributed by atoms with van der Waals surface area (Å²) in [5.74, 6) is -0.716. The fourth-order valence-electron chi connectivity index (χ4n) is 4.07. The molecule has 0 radical (unpaired) electrons. The van der Waals surface area contributed by atoms with E-state index in [2.05, 4.69) is 0 Å². The van der Waals surface area contributed by atoms with Crippen molar-refractivity contribution in [2.75, 3.05) is 19.1 Å². The molecule has 5 heteroatoms. The van der Waals surface area contributed by atoms with Crippen molar-refractivity contribution < 1.29 is 19.4 Å². The van der Waals surface area contributed by atoms with Crippen molar-refractivity contribution in [1.82, 2.24) is 0 Å². The number of ketones is 1. The Hall–Kier alpha value is -2.66. The van der Waals surface area contributed by atoms with Crippen LogP contribution in [0, 0.1) is 5.92 Å². The Labute approximate surface area is 145 Å². The number of aliphatic hydroxyl groups is 1. The first-order chi connectivity index (χ1) is 12.0. The van der Waals surface area contributed by atoms with Gasteiger partial charge in [0.15, 0.2) is 11.4 Å². The first-order valence-electron chi connectivity index (χ1n) is 8.29. The SMILES string of the molecule is COc1ccc2c(c1)CCC(C1(O)C(=O)N(C)c3ccccc31)C2=O. The van der Waals surface area contributed by atoms with Gasteiger partial charge in [-0.2, -0.15) is 0 Å². The molecule has 0 fully saturated rings. The molecule has 0 spiro atoms. The van der Waals surface area contributed by atoms with E-state index >= 15 is 0 Å². The minimum atomic E-state index is -1.81. The van der Waals surface area contributed by atoms with Crippen molar-refractivity contribution in [1.29, 1.82) is 0 Å². The highest BCUT2D eigenvalue weighted by atomic mass is 16.5. The van der Waals surface area contributed by atoms with Crippen LogP contribution in [0.3, 0.4) is 0 Å². The molecule has 1 aliphatic carbocycles. The minimum absolute atomic E-state index is 0.190.